The van der Waals surface area contributed by atoms with E-state index in [1.54, 1.807) is 0 Å². The Labute approximate surface area is 92.5 Å². The van der Waals surface area contributed by atoms with E-state index in [0.717, 1.165) is 25.7 Å². The Bertz CT molecular complexity index is 184. The van der Waals surface area contributed by atoms with Crippen LogP contribution in [0.1, 0.15) is 64.2 Å². The minimum Gasteiger partial charge on any atom is -0.340 e. The summed E-state index contributed by atoms with van der Waals surface area (Å²) in [4.78, 5) is 0. The zero-order valence-corrected chi connectivity index (χ0v) is 9.63. The summed E-state index contributed by atoms with van der Waals surface area (Å²) in [6.45, 7) is 0. The number of nitrogens with two attached hydrogens (primary N) is 2. The third-order valence-electron chi connectivity index (χ3n) is 3.81. The molecule has 2 aliphatic carbocycles. The van der Waals surface area contributed by atoms with E-state index in [9.17, 15) is 0 Å². The summed E-state index contributed by atoms with van der Waals surface area (Å²) in [5.41, 5.74) is 11.7. The van der Waals surface area contributed by atoms with E-state index in [2.05, 4.69) is 0 Å². The van der Waals surface area contributed by atoms with Crippen molar-refractivity contribution in [3.63, 3.8) is 0 Å². The van der Waals surface area contributed by atoms with Crippen molar-refractivity contribution in [2.75, 3.05) is 0 Å². The molecule has 3 heteroatoms. The normalized spacial score (nSPS) is 30.0. The molecule has 2 rings (SSSR count). The Morgan fingerprint density at radius 3 is 1.27 bits per heavy atom. The molecule has 0 amide bonds. The molecule has 15 heavy (non-hydrogen) atoms. The fourth-order valence-electron chi connectivity index (χ4n) is 2.91. The van der Waals surface area contributed by atoms with Crippen molar-refractivity contribution in [3.8, 4) is 0 Å². The summed E-state index contributed by atoms with van der Waals surface area (Å²) >= 11 is 0. The predicted octanol–water partition coefficient (Wildman–Crippen LogP) is 2.24. The van der Waals surface area contributed by atoms with Crippen molar-refractivity contribution in [1.29, 1.82) is 0 Å². The summed E-state index contributed by atoms with van der Waals surface area (Å²) in [5.74, 6) is 0. The first kappa shape index (κ1) is 11.4. The van der Waals surface area contributed by atoms with Crippen LogP contribution in [0, 0.1) is 0 Å². The average molecular weight is 212 g/mol. The van der Waals surface area contributed by atoms with Crippen LogP contribution in [0.15, 0.2) is 0 Å². The van der Waals surface area contributed by atoms with E-state index in [4.69, 9.17) is 16.2 Å². The predicted molar refractivity (Wildman–Crippen MR) is 61.1 cm³/mol. The molecule has 2 aliphatic rings. The minimum absolute atomic E-state index is 0.426. The van der Waals surface area contributed by atoms with Crippen molar-refractivity contribution in [2.24, 2.45) is 11.5 Å². The SMILES string of the molecule is NC1(OC2(N)CCCCC2)CCCCC1. The highest BCUT2D eigenvalue weighted by Gasteiger charge is 2.38. The molecule has 4 N–H and O–H groups in total. The highest BCUT2D eigenvalue weighted by Crippen LogP contribution is 2.35. The molecule has 0 heterocycles. The lowest BCUT2D eigenvalue weighted by molar-refractivity contribution is -0.179. The van der Waals surface area contributed by atoms with Gasteiger partial charge in [-0.15, -0.1) is 0 Å². The van der Waals surface area contributed by atoms with Crippen LogP contribution in [-0.2, 0) is 4.74 Å². The first-order valence-corrected chi connectivity index (χ1v) is 6.40. The second kappa shape index (κ2) is 4.40. The van der Waals surface area contributed by atoms with Gasteiger partial charge in [0, 0.05) is 0 Å². The lowest BCUT2D eigenvalue weighted by atomic mass is 9.89. The van der Waals surface area contributed by atoms with Crippen molar-refractivity contribution >= 4 is 0 Å². The molecule has 0 radical (unpaired) electrons. The largest absolute Gasteiger partial charge is 0.340 e. The van der Waals surface area contributed by atoms with Gasteiger partial charge in [0.05, 0.1) is 0 Å². The van der Waals surface area contributed by atoms with Gasteiger partial charge in [-0.3, -0.25) is 0 Å². The Kier molecular flexibility index (Phi) is 3.33. The van der Waals surface area contributed by atoms with Crippen molar-refractivity contribution in [1.82, 2.24) is 0 Å². The summed E-state index contributed by atoms with van der Waals surface area (Å²) in [5, 5.41) is 0. The smallest absolute Gasteiger partial charge is 0.119 e. The Morgan fingerprint density at radius 1 is 0.600 bits per heavy atom. The van der Waals surface area contributed by atoms with Crippen LogP contribution in [0.25, 0.3) is 0 Å². The standard InChI is InChI=1S/C12H24N2O/c13-11(7-3-1-4-8-11)15-12(14)9-5-2-6-10-12/h1-10,13-14H2. The fourth-order valence-corrected chi connectivity index (χ4v) is 2.91. The molecule has 0 bridgehead atoms. The van der Waals surface area contributed by atoms with Gasteiger partial charge in [-0.05, 0) is 51.4 Å². The molecule has 0 spiro atoms. The van der Waals surface area contributed by atoms with E-state index in [-0.39, 0.29) is 0 Å². The summed E-state index contributed by atoms with van der Waals surface area (Å²) in [6, 6.07) is 0. The third-order valence-corrected chi connectivity index (χ3v) is 3.81. The van der Waals surface area contributed by atoms with Crippen LogP contribution >= 0.6 is 0 Å². The molecule has 0 aromatic heterocycles. The molecule has 0 saturated heterocycles. The van der Waals surface area contributed by atoms with Gasteiger partial charge in [0.15, 0.2) is 0 Å². The van der Waals surface area contributed by atoms with Gasteiger partial charge in [-0.2, -0.15) is 0 Å². The summed E-state index contributed by atoms with van der Waals surface area (Å²) in [7, 11) is 0. The van der Waals surface area contributed by atoms with Crippen LogP contribution in [0.2, 0.25) is 0 Å². The van der Waals surface area contributed by atoms with Crippen LogP contribution in [0.3, 0.4) is 0 Å². The van der Waals surface area contributed by atoms with E-state index >= 15 is 0 Å². The number of hydrogen-bond donors (Lipinski definition) is 2. The first-order chi connectivity index (χ1) is 7.12. The van der Waals surface area contributed by atoms with Gasteiger partial charge in [-0.1, -0.05) is 12.8 Å². The van der Waals surface area contributed by atoms with E-state index in [1.807, 2.05) is 0 Å². The zero-order valence-electron chi connectivity index (χ0n) is 9.63. The van der Waals surface area contributed by atoms with Gasteiger partial charge in [0.25, 0.3) is 0 Å². The maximum atomic E-state index is 6.27. The van der Waals surface area contributed by atoms with Crippen LogP contribution in [0.5, 0.6) is 0 Å². The second-order valence-corrected chi connectivity index (χ2v) is 5.35. The second-order valence-electron chi connectivity index (χ2n) is 5.35. The maximum Gasteiger partial charge on any atom is 0.119 e. The van der Waals surface area contributed by atoms with Gasteiger partial charge in [-0.25, -0.2) is 0 Å². The van der Waals surface area contributed by atoms with Gasteiger partial charge < -0.3 is 16.2 Å². The van der Waals surface area contributed by atoms with E-state index < -0.39 is 11.4 Å². The van der Waals surface area contributed by atoms with E-state index in [0.29, 0.717) is 0 Å². The van der Waals surface area contributed by atoms with Crippen LogP contribution < -0.4 is 11.5 Å². The van der Waals surface area contributed by atoms with Crippen molar-refractivity contribution in [3.05, 3.63) is 0 Å². The maximum absolute atomic E-state index is 6.27. The molecule has 3 nitrogen and oxygen atoms in total. The van der Waals surface area contributed by atoms with E-state index in [1.165, 1.54) is 38.5 Å². The number of ether oxygens (including phenoxy) is 1. The fraction of sp³-hybridized carbons (Fsp3) is 1.00. The van der Waals surface area contributed by atoms with Crippen LogP contribution in [-0.4, -0.2) is 11.4 Å². The van der Waals surface area contributed by atoms with Crippen molar-refractivity contribution in [2.45, 2.75) is 75.7 Å². The van der Waals surface area contributed by atoms with Gasteiger partial charge >= 0.3 is 0 Å². The first-order valence-electron chi connectivity index (χ1n) is 6.40. The molecule has 0 atom stereocenters. The molecule has 0 aromatic rings. The monoisotopic (exact) mass is 212 g/mol. The quantitative estimate of drug-likeness (QED) is 0.690. The van der Waals surface area contributed by atoms with Gasteiger partial charge in [0.1, 0.15) is 11.4 Å². The lowest BCUT2D eigenvalue weighted by Crippen LogP contribution is -2.56. The summed E-state index contributed by atoms with van der Waals surface area (Å²) < 4.78 is 6.06. The number of rotatable bonds is 2. The lowest BCUT2D eigenvalue weighted by Gasteiger charge is -2.43. The molecule has 0 aromatic carbocycles. The Morgan fingerprint density at radius 2 is 0.933 bits per heavy atom. The Hall–Kier alpha value is -0.120. The summed E-state index contributed by atoms with van der Waals surface area (Å²) in [6.07, 6.45) is 11.2. The highest BCUT2D eigenvalue weighted by atomic mass is 16.5. The van der Waals surface area contributed by atoms with Crippen molar-refractivity contribution < 1.29 is 4.74 Å². The molecule has 0 aliphatic heterocycles. The van der Waals surface area contributed by atoms with Gasteiger partial charge in [0.2, 0.25) is 0 Å². The molecule has 2 fully saturated rings. The topological polar surface area (TPSA) is 61.3 Å². The highest BCUT2D eigenvalue weighted by molar-refractivity contribution is 4.86. The Balaban J connectivity index is 1.93. The molecular weight excluding hydrogens is 188 g/mol. The zero-order chi connectivity index (χ0) is 10.8. The van der Waals surface area contributed by atoms with Crippen LogP contribution in [0.4, 0.5) is 0 Å². The number of hydrogen-bond acceptors (Lipinski definition) is 3. The average Bonchev–Trinajstić information content (AvgIpc) is 2.18. The third kappa shape index (κ3) is 2.92. The molecule has 88 valence electrons. The molecular formula is C12H24N2O. The molecule has 2 saturated carbocycles. The molecule has 0 unspecified atom stereocenters. The minimum atomic E-state index is -0.426.